The highest BCUT2D eigenvalue weighted by atomic mass is 16.5. The maximum atomic E-state index is 12.0. The van der Waals surface area contributed by atoms with Crippen molar-refractivity contribution in [2.75, 3.05) is 17.2 Å². The van der Waals surface area contributed by atoms with Crippen LogP contribution in [0.15, 0.2) is 24.3 Å². The topological polar surface area (TPSA) is 67.4 Å². The summed E-state index contributed by atoms with van der Waals surface area (Å²) in [6.45, 7) is 4.08. The van der Waals surface area contributed by atoms with E-state index in [4.69, 9.17) is 4.74 Å². The van der Waals surface area contributed by atoms with E-state index in [1.54, 1.807) is 24.3 Å². The van der Waals surface area contributed by atoms with E-state index in [0.717, 1.165) is 6.42 Å². The largest absolute Gasteiger partial charge is 0.368 e. The Morgan fingerprint density at radius 2 is 1.95 bits per heavy atom. The minimum Gasteiger partial charge on any atom is -0.368 e. The van der Waals surface area contributed by atoms with Gasteiger partial charge < -0.3 is 15.4 Å². The molecule has 1 aliphatic rings. The van der Waals surface area contributed by atoms with Crippen molar-refractivity contribution in [3.8, 4) is 0 Å². The lowest BCUT2D eigenvalue weighted by molar-refractivity contribution is -0.126. The first-order chi connectivity index (χ1) is 9.06. The normalized spacial score (nSPS) is 22.0. The van der Waals surface area contributed by atoms with Crippen LogP contribution in [0.2, 0.25) is 0 Å². The van der Waals surface area contributed by atoms with Gasteiger partial charge in [0.2, 0.25) is 5.91 Å². The van der Waals surface area contributed by atoms with E-state index in [9.17, 15) is 9.59 Å². The zero-order valence-electron chi connectivity index (χ0n) is 11.1. The van der Waals surface area contributed by atoms with Crippen molar-refractivity contribution in [3.63, 3.8) is 0 Å². The number of anilines is 2. The number of nitrogens with one attached hydrogen (secondary N) is 2. The van der Waals surface area contributed by atoms with Crippen LogP contribution in [0.25, 0.3) is 0 Å². The number of hydrogen-bond donors (Lipinski definition) is 2. The van der Waals surface area contributed by atoms with Crippen molar-refractivity contribution in [3.05, 3.63) is 24.3 Å². The Morgan fingerprint density at radius 1 is 1.26 bits per heavy atom. The van der Waals surface area contributed by atoms with E-state index < -0.39 is 0 Å². The molecule has 0 saturated carbocycles. The van der Waals surface area contributed by atoms with Gasteiger partial charge in [0, 0.05) is 24.9 Å². The molecule has 0 spiro atoms. The molecular formula is C14H18N2O3. The molecule has 102 valence electrons. The Balaban J connectivity index is 2.02. The van der Waals surface area contributed by atoms with Gasteiger partial charge in [0.15, 0.2) is 0 Å². The van der Waals surface area contributed by atoms with Gasteiger partial charge in [-0.05, 0) is 30.5 Å². The first-order valence-electron chi connectivity index (χ1n) is 6.36. The van der Waals surface area contributed by atoms with Gasteiger partial charge in [-0.15, -0.1) is 0 Å². The summed E-state index contributed by atoms with van der Waals surface area (Å²) in [5, 5.41) is 5.49. The van der Waals surface area contributed by atoms with Crippen LogP contribution < -0.4 is 10.6 Å². The highest BCUT2D eigenvalue weighted by molar-refractivity contribution is 5.96. The molecule has 0 bridgehead atoms. The summed E-state index contributed by atoms with van der Waals surface area (Å²) in [4.78, 5) is 23.0. The van der Waals surface area contributed by atoms with Gasteiger partial charge in [-0.2, -0.15) is 0 Å². The van der Waals surface area contributed by atoms with Gasteiger partial charge in [-0.1, -0.05) is 13.0 Å². The van der Waals surface area contributed by atoms with Crippen LogP contribution in [0.4, 0.5) is 11.4 Å². The second kappa shape index (κ2) is 5.84. The Labute approximate surface area is 112 Å². The minimum absolute atomic E-state index is 0.134. The number of rotatable bonds is 3. The summed E-state index contributed by atoms with van der Waals surface area (Å²) in [7, 11) is 0. The van der Waals surface area contributed by atoms with Crippen LogP contribution in [0.5, 0.6) is 0 Å². The van der Waals surface area contributed by atoms with Crippen molar-refractivity contribution in [1.82, 2.24) is 0 Å². The molecular weight excluding hydrogens is 244 g/mol. The molecule has 2 rings (SSSR count). The summed E-state index contributed by atoms with van der Waals surface area (Å²) >= 11 is 0. The summed E-state index contributed by atoms with van der Waals surface area (Å²) in [6.07, 6.45) is 0.522. The highest BCUT2D eigenvalue weighted by Gasteiger charge is 2.30. The first-order valence-corrected chi connectivity index (χ1v) is 6.36. The van der Waals surface area contributed by atoms with Gasteiger partial charge in [0.1, 0.15) is 6.10 Å². The average Bonchev–Trinajstić information content (AvgIpc) is 2.75. The average molecular weight is 262 g/mol. The van der Waals surface area contributed by atoms with E-state index in [1.165, 1.54) is 6.92 Å². The van der Waals surface area contributed by atoms with Gasteiger partial charge in [-0.25, -0.2) is 0 Å². The molecule has 0 aromatic heterocycles. The monoisotopic (exact) mass is 262 g/mol. The van der Waals surface area contributed by atoms with E-state index in [0.29, 0.717) is 18.0 Å². The smallest absolute Gasteiger partial charge is 0.253 e. The Kier molecular flexibility index (Phi) is 4.16. The molecule has 2 atom stereocenters. The highest BCUT2D eigenvalue weighted by Crippen LogP contribution is 2.22. The predicted molar refractivity (Wildman–Crippen MR) is 72.9 cm³/mol. The number of amides is 2. The van der Waals surface area contributed by atoms with Crippen molar-refractivity contribution < 1.29 is 14.3 Å². The molecule has 1 aliphatic heterocycles. The summed E-state index contributed by atoms with van der Waals surface area (Å²) in [5.41, 5.74) is 1.31. The van der Waals surface area contributed by atoms with Crippen LogP contribution in [0.1, 0.15) is 20.3 Å². The summed E-state index contributed by atoms with van der Waals surface area (Å²) in [6, 6.07) is 7.05. The molecule has 1 aromatic rings. The van der Waals surface area contributed by atoms with E-state index in [-0.39, 0.29) is 23.8 Å². The maximum absolute atomic E-state index is 12.0. The standard InChI is InChI=1S/C14H18N2O3/c1-9-6-7-19-13(9)14(18)16-12-5-3-4-11(8-12)15-10(2)17/h3-5,8-9,13H,6-7H2,1-2H3,(H,15,17)(H,16,18)/t9-,13-/m1/s1. The second-order valence-electron chi connectivity index (χ2n) is 4.81. The lowest BCUT2D eigenvalue weighted by Gasteiger charge is -2.15. The maximum Gasteiger partial charge on any atom is 0.253 e. The molecule has 1 heterocycles. The Hall–Kier alpha value is -1.88. The number of ether oxygens (including phenoxy) is 1. The Morgan fingerprint density at radius 3 is 2.53 bits per heavy atom. The van der Waals surface area contributed by atoms with Gasteiger partial charge in [0.05, 0.1) is 0 Å². The predicted octanol–water partition coefficient (Wildman–Crippen LogP) is 2.01. The number of benzene rings is 1. The van der Waals surface area contributed by atoms with Crippen LogP contribution >= 0.6 is 0 Å². The van der Waals surface area contributed by atoms with Crippen molar-refractivity contribution >= 4 is 23.2 Å². The third kappa shape index (κ3) is 3.54. The molecule has 5 nitrogen and oxygen atoms in total. The molecule has 0 radical (unpaired) electrons. The third-order valence-corrected chi connectivity index (χ3v) is 3.10. The fourth-order valence-electron chi connectivity index (χ4n) is 2.12. The lowest BCUT2D eigenvalue weighted by atomic mass is 10.0. The van der Waals surface area contributed by atoms with Gasteiger partial charge >= 0.3 is 0 Å². The molecule has 1 saturated heterocycles. The van der Waals surface area contributed by atoms with Gasteiger partial charge in [-0.3, -0.25) is 9.59 Å². The fourth-order valence-corrected chi connectivity index (χ4v) is 2.12. The zero-order valence-corrected chi connectivity index (χ0v) is 11.1. The van der Waals surface area contributed by atoms with Crippen LogP contribution in [-0.2, 0) is 14.3 Å². The van der Waals surface area contributed by atoms with Crippen molar-refractivity contribution in [2.24, 2.45) is 5.92 Å². The minimum atomic E-state index is -0.385. The Bertz CT molecular complexity index is 487. The number of carbonyl (C=O) groups excluding carboxylic acids is 2. The zero-order chi connectivity index (χ0) is 13.8. The molecule has 0 aliphatic carbocycles. The quantitative estimate of drug-likeness (QED) is 0.875. The van der Waals surface area contributed by atoms with Crippen molar-refractivity contribution in [2.45, 2.75) is 26.4 Å². The summed E-state index contributed by atoms with van der Waals surface area (Å²) < 4.78 is 5.41. The van der Waals surface area contributed by atoms with Crippen LogP contribution in [-0.4, -0.2) is 24.5 Å². The molecule has 1 aromatic carbocycles. The fraction of sp³-hybridized carbons (Fsp3) is 0.429. The SMILES string of the molecule is CC(=O)Nc1cccc(NC(=O)[C@@H]2OCC[C@H]2C)c1. The van der Waals surface area contributed by atoms with E-state index >= 15 is 0 Å². The molecule has 5 heteroatoms. The number of hydrogen-bond acceptors (Lipinski definition) is 3. The summed E-state index contributed by atoms with van der Waals surface area (Å²) in [5.74, 6) is -0.0419. The molecule has 0 unspecified atom stereocenters. The molecule has 1 fully saturated rings. The molecule has 2 amide bonds. The second-order valence-corrected chi connectivity index (χ2v) is 4.81. The lowest BCUT2D eigenvalue weighted by Crippen LogP contribution is -2.31. The first kappa shape index (κ1) is 13.5. The number of carbonyl (C=O) groups is 2. The molecule has 19 heavy (non-hydrogen) atoms. The van der Waals surface area contributed by atoms with Crippen LogP contribution in [0, 0.1) is 5.92 Å². The molecule has 2 N–H and O–H groups in total. The van der Waals surface area contributed by atoms with Crippen LogP contribution in [0.3, 0.4) is 0 Å². The third-order valence-electron chi connectivity index (χ3n) is 3.10. The van der Waals surface area contributed by atoms with Crippen molar-refractivity contribution in [1.29, 1.82) is 0 Å². The van der Waals surface area contributed by atoms with Gasteiger partial charge in [0.25, 0.3) is 5.91 Å². The van der Waals surface area contributed by atoms with E-state index in [1.807, 2.05) is 6.92 Å². The van der Waals surface area contributed by atoms with E-state index in [2.05, 4.69) is 10.6 Å².